The van der Waals surface area contributed by atoms with E-state index in [1.807, 2.05) is 41.8 Å². The zero-order valence-corrected chi connectivity index (χ0v) is 11.5. The number of esters is 1. The summed E-state index contributed by atoms with van der Waals surface area (Å²) in [6, 6.07) is 11.6. The summed E-state index contributed by atoms with van der Waals surface area (Å²) in [5, 5.41) is 2.03. The Morgan fingerprint density at radius 2 is 1.95 bits per heavy atom. The van der Waals surface area contributed by atoms with Crippen LogP contribution in [0.15, 0.2) is 41.8 Å². The van der Waals surface area contributed by atoms with E-state index in [0.717, 1.165) is 17.7 Å². The summed E-state index contributed by atoms with van der Waals surface area (Å²) in [7, 11) is 0. The smallest absolute Gasteiger partial charge is 0.306 e. The van der Waals surface area contributed by atoms with E-state index in [4.69, 9.17) is 10.5 Å². The van der Waals surface area contributed by atoms with Crippen molar-refractivity contribution in [3.8, 4) is 0 Å². The standard InChI is InChI=1S/C15H17NO2S/c16-13-6-3-12(4-7-13)5-8-15(17)18-10-9-14-2-1-11-19-14/h1-4,6-7,11H,5,8-10,16H2. The van der Waals surface area contributed by atoms with Crippen LogP contribution in [0.5, 0.6) is 0 Å². The molecule has 0 aliphatic rings. The summed E-state index contributed by atoms with van der Waals surface area (Å²) in [4.78, 5) is 12.8. The Hall–Kier alpha value is -1.81. The molecule has 0 unspecified atom stereocenters. The van der Waals surface area contributed by atoms with Crippen LogP contribution in [0.2, 0.25) is 0 Å². The van der Waals surface area contributed by atoms with E-state index >= 15 is 0 Å². The Kier molecular flexibility index (Phi) is 4.98. The van der Waals surface area contributed by atoms with E-state index in [-0.39, 0.29) is 5.97 Å². The largest absolute Gasteiger partial charge is 0.465 e. The van der Waals surface area contributed by atoms with E-state index in [9.17, 15) is 4.79 Å². The lowest BCUT2D eigenvalue weighted by molar-refractivity contribution is -0.143. The number of nitrogens with two attached hydrogens (primary N) is 1. The zero-order valence-electron chi connectivity index (χ0n) is 10.7. The second kappa shape index (κ2) is 6.95. The molecule has 3 nitrogen and oxygen atoms in total. The molecule has 4 heteroatoms. The quantitative estimate of drug-likeness (QED) is 0.651. The molecule has 0 bridgehead atoms. The van der Waals surface area contributed by atoms with Crippen molar-refractivity contribution < 1.29 is 9.53 Å². The normalized spacial score (nSPS) is 10.3. The van der Waals surface area contributed by atoms with Crippen molar-refractivity contribution in [1.29, 1.82) is 0 Å². The summed E-state index contributed by atoms with van der Waals surface area (Å²) < 4.78 is 5.20. The molecule has 1 heterocycles. The number of hydrogen-bond donors (Lipinski definition) is 1. The van der Waals surface area contributed by atoms with Gasteiger partial charge >= 0.3 is 5.97 Å². The van der Waals surface area contributed by atoms with Gasteiger partial charge in [0.1, 0.15) is 0 Å². The molecule has 100 valence electrons. The number of aryl methyl sites for hydroxylation is 1. The zero-order chi connectivity index (χ0) is 13.5. The van der Waals surface area contributed by atoms with Gasteiger partial charge in [0.25, 0.3) is 0 Å². The molecular weight excluding hydrogens is 258 g/mol. The number of ether oxygens (including phenoxy) is 1. The molecule has 0 fully saturated rings. The molecule has 0 saturated carbocycles. The maximum atomic E-state index is 11.6. The van der Waals surface area contributed by atoms with E-state index in [2.05, 4.69) is 0 Å². The summed E-state index contributed by atoms with van der Waals surface area (Å²) in [6.07, 6.45) is 1.90. The van der Waals surface area contributed by atoms with Gasteiger partial charge in [-0.15, -0.1) is 11.3 Å². The van der Waals surface area contributed by atoms with Crippen LogP contribution >= 0.6 is 11.3 Å². The van der Waals surface area contributed by atoms with E-state index in [1.165, 1.54) is 4.88 Å². The van der Waals surface area contributed by atoms with Gasteiger partial charge in [-0.05, 0) is 35.6 Å². The molecule has 1 aromatic heterocycles. The average Bonchev–Trinajstić information content (AvgIpc) is 2.91. The molecule has 1 aromatic carbocycles. The SMILES string of the molecule is Nc1ccc(CCC(=O)OCCc2cccs2)cc1. The van der Waals surface area contributed by atoms with Gasteiger partial charge in [-0.1, -0.05) is 18.2 Å². The molecule has 0 saturated heterocycles. The first-order valence-electron chi connectivity index (χ1n) is 6.26. The maximum Gasteiger partial charge on any atom is 0.306 e. The van der Waals surface area contributed by atoms with Crippen molar-refractivity contribution in [2.45, 2.75) is 19.3 Å². The van der Waals surface area contributed by atoms with Crippen LogP contribution in [0.25, 0.3) is 0 Å². The molecule has 2 N–H and O–H groups in total. The minimum Gasteiger partial charge on any atom is -0.465 e. The van der Waals surface area contributed by atoms with Crippen LogP contribution in [0.4, 0.5) is 5.69 Å². The molecule has 0 aliphatic heterocycles. The molecule has 0 spiro atoms. The van der Waals surface area contributed by atoms with Gasteiger partial charge in [-0.2, -0.15) is 0 Å². The highest BCUT2D eigenvalue weighted by atomic mass is 32.1. The minimum atomic E-state index is -0.145. The number of thiophene rings is 1. The minimum absolute atomic E-state index is 0.145. The van der Waals surface area contributed by atoms with E-state index in [0.29, 0.717) is 19.4 Å². The lowest BCUT2D eigenvalue weighted by Crippen LogP contribution is -2.08. The molecule has 0 amide bonds. The van der Waals surface area contributed by atoms with Crippen LogP contribution in [-0.4, -0.2) is 12.6 Å². The van der Waals surface area contributed by atoms with Gasteiger partial charge < -0.3 is 10.5 Å². The maximum absolute atomic E-state index is 11.6. The van der Waals surface area contributed by atoms with Crippen LogP contribution in [0.1, 0.15) is 16.9 Å². The summed E-state index contributed by atoms with van der Waals surface area (Å²) >= 11 is 1.68. The van der Waals surface area contributed by atoms with Gasteiger partial charge in [-0.25, -0.2) is 0 Å². The fourth-order valence-electron chi connectivity index (χ4n) is 1.72. The highest BCUT2D eigenvalue weighted by Gasteiger charge is 2.04. The average molecular weight is 275 g/mol. The lowest BCUT2D eigenvalue weighted by Gasteiger charge is -2.04. The number of carbonyl (C=O) groups excluding carboxylic acids is 1. The fraction of sp³-hybridized carbons (Fsp3) is 0.267. The number of carbonyl (C=O) groups is 1. The van der Waals surface area contributed by atoms with Crippen molar-refractivity contribution in [2.75, 3.05) is 12.3 Å². The molecule has 0 aliphatic carbocycles. The first-order valence-corrected chi connectivity index (χ1v) is 7.14. The van der Waals surface area contributed by atoms with Crippen molar-refractivity contribution in [2.24, 2.45) is 0 Å². The topological polar surface area (TPSA) is 52.3 Å². The van der Waals surface area contributed by atoms with E-state index < -0.39 is 0 Å². The monoisotopic (exact) mass is 275 g/mol. The summed E-state index contributed by atoms with van der Waals surface area (Å²) in [5.41, 5.74) is 7.44. The number of anilines is 1. The summed E-state index contributed by atoms with van der Waals surface area (Å²) in [6.45, 7) is 0.459. The lowest BCUT2D eigenvalue weighted by atomic mass is 10.1. The molecule has 2 aromatic rings. The second-order valence-electron chi connectivity index (χ2n) is 4.29. The molecule has 0 atom stereocenters. The fourth-order valence-corrected chi connectivity index (χ4v) is 2.41. The first-order chi connectivity index (χ1) is 9.24. The van der Waals surface area contributed by atoms with Crippen molar-refractivity contribution in [1.82, 2.24) is 0 Å². The molecule has 0 radical (unpaired) electrons. The Morgan fingerprint density at radius 3 is 2.63 bits per heavy atom. The molecule has 2 rings (SSSR count). The van der Waals surface area contributed by atoms with Gasteiger partial charge in [0, 0.05) is 23.4 Å². The second-order valence-corrected chi connectivity index (χ2v) is 5.32. The van der Waals surface area contributed by atoms with Crippen molar-refractivity contribution in [3.63, 3.8) is 0 Å². The highest BCUT2D eigenvalue weighted by Crippen LogP contribution is 2.10. The Labute approximate surface area is 117 Å². The van der Waals surface area contributed by atoms with E-state index in [1.54, 1.807) is 11.3 Å². The van der Waals surface area contributed by atoms with Gasteiger partial charge in [0.05, 0.1) is 6.61 Å². The Balaban J connectivity index is 1.65. The Morgan fingerprint density at radius 1 is 1.16 bits per heavy atom. The summed E-state index contributed by atoms with van der Waals surface area (Å²) in [5.74, 6) is -0.145. The number of nitrogen functional groups attached to an aromatic ring is 1. The Bertz CT molecular complexity index is 505. The van der Waals surface area contributed by atoms with Crippen LogP contribution in [0.3, 0.4) is 0 Å². The molecular formula is C15H17NO2S. The van der Waals surface area contributed by atoms with Gasteiger partial charge in [0.2, 0.25) is 0 Å². The van der Waals surface area contributed by atoms with Crippen molar-refractivity contribution >= 4 is 23.0 Å². The molecule has 19 heavy (non-hydrogen) atoms. The van der Waals surface area contributed by atoms with Gasteiger partial charge in [0.15, 0.2) is 0 Å². The predicted molar refractivity (Wildman–Crippen MR) is 78.2 cm³/mol. The third-order valence-corrected chi connectivity index (χ3v) is 3.73. The number of rotatable bonds is 6. The van der Waals surface area contributed by atoms with Gasteiger partial charge in [-0.3, -0.25) is 4.79 Å². The van der Waals surface area contributed by atoms with Crippen LogP contribution < -0.4 is 5.73 Å². The third-order valence-electron chi connectivity index (χ3n) is 2.79. The number of hydrogen-bond acceptors (Lipinski definition) is 4. The van der Waals surface area contributed by atoms with Crippen LogP contribution in [-0.2, 0) is 22.4 Å². The first kappa shape index (κ1) is 13.6. The predicted octanol–water partition coefficient (Wildman–Crippen LogP) is 3.05. The third kappa shape index (κ3) is 4.75. The van der Waals surface area contributed by atoms with Crippen molar-refractivity contribution in [3.05, 3.63) is 52.2 Å². The highest BCUT2D eigenvalue weighted by molar-refractivity contribution is 7.09. The van der Waals surface area contributed by atoms with Crippen LogP contribution in [0, 0.1) is 0 Å². The number of benzene rings is 1.